The Hall–Kier alpha value is -1.32. The second-order valence-electron chi connectivity index (χ2n) is 5.32. The molecule has 0 unspecified atom stereocenters. The van der Waals surface area contributed by atoms with Crippen molar-refractivity contribution in [3.8, 4) is 0 Å². The highest BCUT2D eigenvalue weighted by molar-refractivity contribution is 7.99. The Balaban J connectivity index is 1.74. The first-order valence-electron chi connectivity index (χ1n) is 7.27. The summed E-state index contributed by atoms with van der Waals surface area (Å²) in [5, 5.41) is 0. The monoisotopic (exact) mass is 284 g/mol. The molecule has 0 fully saturated rings. The van der Waals surface area contributed by atoms with Gasteiger partial charge in [0.25, 0.3) is 0 Å². The molecule has 3 heteroatoms. The molecule has 1 atom stereocenters. The number of hydrogen-bond donors (Lipinski definition) is 1. The van der Waals surface area contributed by atoms with Crippen molar-refractivity contribution in [3.05, 3.63) is 53.3 Å². The summed E-state index contributed by atoms with van der Waals surface area (Å²) in [7, 11) is 0. The molecular formula is C17H20N2S. The maximum absolute atomic E-state index is 5.99. The number of pyridine rings is 1. The van der Waals surface area contributed by atoms with Crippen molar-refractivity contribution < 1.29 is 0 Å². The highest BCUT2D eigenvalue weighted by Gasteiger charge is 2.11. The third kappa shape index (κ3) is 2.89. The maximum atomic E-state index is 5.99. The molecule has 0 spiro atoms. The molecule has 104 valence electrons. The van der Waals surface area contributed by atoms with Crippen LogP contribution in [0.15, 0.2) is 46.3 Å². The molecule has 3 rings (SSSR count). The summed E-state index contributed by atoms with van der Waals surface area (Å²) in [6, 6.07) is 11.0. The Morgan fingerprint density at radius 2 is 1.95 bits per heavy atom. The van der Waals surface area contributed by atoms with E-state index in [2.05, 4.69) is 36.2 Å². The normalized spacial score (nSPS) is 15.1. The number of rotatable bonds is 4. The van der Waals surface area contributed by atoms with Crippen molar-refractivity contribution in [1.82, 2.24) is 4.98 Å². The van der Waals surface area contributed by atoms with Crippen LogP contribution < -0.4 is 5.73 Å². The lowest BCUT2D eigenvalue weighted by Gasteiger charge is -2.09. The van der Waals surface area contributed by atoms with Crippen LogP contribution in [-0.2, 0) is 12.8 Å². The molecule has 1 aromatic heterocycles. The van der Waals surface area contributed by atoms with Crippen molar-refractivity contribution in [2.45, 2.75) is 48.4 Å². The molecule has 20 heavy (non-hydrogen) atoms. The molecule has 2 N–H and O–H groups in total. The second-order valence-corrected chi connectivity index (χ2v) is 6.47. The van der Waals surface area contributed by atoms with Gasteiger partial charge in [0, 0.05) is 22.0 Å². The fourth-order valence-corrected chi connectivity index (χ4v) is 3.48. The van der Waals surface area contributed by atoms with Gasteiger partial charge in [-0.25, -0.2) is 0 Å². The first-order valence-corrected chi connectivity index (χ1v) is 8.09. The lowest BCUT2D eigenvalue weighted by Crippen LogP contribution is -2.10. The van der Waals surface area contributed by atoms with Gasteiger partial charge in [-0.1, -0.05) is 24.8 Å². The largest absolute Gasteiger partial charge is 0.323 e. The van der Waals surface area contributed by atoms with E-state index < -0.39 is 0 Å². The van der Waals surface area contributed by atoms with Crippen LogP contribution in [-0.4, -0.2) is 4.98 Å². The molecule has 0 bridgehead atoms. The van der Waals surface area contributed by atoms with Crippen LogP contribution in [0.3, 0.4) is 0 Å². The van der Waals surface area contributed by atoms with Gasteiger partial charge in [0.2, 0.25) is 0 Å². The predicted octanol–water partition coefficient (Wildman–Crippen LogP) is 4.13. The van der Waals surface area contributed by atoms with Crippen molar-refractivity contribution in [2.75, 3.05) is 0 Å². The molecule has 0 amide bonds. The molecule has 2 aromatic rings. The van der Waals surface area contributed by atoms with Crippen molar-refractivity contribution in [2.24, 2.45) is 5.73 Å². The summed E-state index contributed by atoms with van der Waals surface area (Å²) in [5.41, 5.74) is 10.0. The topological polar surface area (TPSA) is 38.9 Å². The number of aryl methyl sites for hydroxylation is 2. The van der Waals surface area contributed by atoms with E-state index in [4.69, 9.17) is 5.73 Å². The molecule has 0 radical (unpaired) electrons. The Bertz CT molecular complexity index is 592. The number of hydrogen-bond acceptors (Lipinski definition) is 3. The lowest BCUT2D eigenvalue weighted by molar-refractivity contribution is 0.674. The van der Waals surface area contributed by atoms with Crippen LogP contribution >= 0.6 is 11.8 Å². The standard InChI is InChI=1S/C17H20N2S/c1-2-16(18)17-9-8-15(11-19-17)20-14-7-6-12-4-3-5-13(12)10-14/h6-11,16H,2-5,18H2,1H3/t16-/m1/s1. The fraction of sp³-hybridized carbons (Fsp3) is 0.353. The average Bonchev–Trinajstić information content (AvgIpc) is 2.95. The molecule has 0 saturated heterocycles. The Kier molecular flexibility index (Phi) is 4.08. The molecule has 1 aliphatic rings. The third-order valence-electron chi connectivity index (χ3n) is 3.88. The van der Waals surface area contributed by atoms with Gasteiger partial charge >= 0.3 is 0 Å². The zero-order chi connectivity index (χ0) is 13.9. The van der Waals surface area contributed by atoms with E-state index in [0.717, 1.165) is 12.1 Å². The molecule has 1 heterocycles. The Morgan fingerprint density at radius 3 is 2.70 bits per heavy atom. The summed E-state index contributed by atoms with van der Waals surface area (Å²) in [4.78, 5) is 6.95. The van der Waals surface area contributed by atoms with Crippen LogP contribution in [0.5, 0.6) is 0 Å². The smallest absolute Gasteiger partial charge is 0.0571 e. The number of aromatic nitrogens is 1. The molecule has 0 aliphatic heterocycles. The summed E-state index contributed by atoms with van der Waals surface area (Å²) in [6.07, 6.45) is 6.62. The minimum atomic E-state index is 0.0500. The van der Waals surface area contributed by atoms with E-state index in [1.165, 1.54) is 40.2 Å². The van der Waals surface area contributed by atoms with Crippen LogP contribution in [0.4, 0.5) is 0 Å². The molecule has 0 saturated carbocycles. The van der Waals surface area contributed by atoms with Gasteiger partial charge in [-0.2, -0.15) is 0 Å². The molecular weight excluding hydrogens is 264 g/mol. The second kappa shape index (κ2) is 5.98. The van der Waals surface area contributed by atoms with Crippen LogP contribution in [0, 0.1) is 0 Å². The summed E-state index contributed by atoms with van der Waals surface area (Å²) < 4.78 is 0. The fourth-order valence-electron chi connectivity index (χ4n) is 2.63. The highest BCUT2D eigenvalue weighted by Crippen LogP contribution is 2.32. The number of fused-ring (bicyclic) bond motifs is 1. The number of benzene rings is 1. The van der Waals surface area contributed by atoms with E-state index >= 15 is 0 Å². The van der Waals surface area contributed by atoms with Gasteiger partial charge in [-0.15, -0.1) is 0 Å². The van der Waals surface area contributed by atoms with Crippen molar-refractivity contribution in [1.29, 1.82) is 0 Å². The van der Waals surface area contributed by atoms with Crippen LogP contribution in [0.25, 0.3) is 0 Å². The van der Waals surface area contributed by atoms with Gasteiger partial charge in [-0.05, 0) is 61.1 Å². The van der Waals surface area contributed by atoms with E-state index in [-0.39, 0.29) is 6.04 Å². The van der Waals surface area contributed by atoms with Crippen molar-refractivity contribution >= 4 is 11.8 Å². The van der Waals surface area contributed by atoms with Crippen molar-refractivity contribution in [3.63, 3.8) is 0 Å². The average molecular weight is 284 g/mol. The quantitative estimate of drug-likeness (QED) is 0.917. The Morgan fingerprint density at radius 1 is 1.15 bits per heavy atom. The van der Waals surface area contributed by atoms with Crippen LogP contribution in [0.2, 0.25) is 0 Å². The zero-order valence-electron chi connectivity index (χ0n) is 11.8. The first-order chi connectivity index (χ1) is 9.76. The first kappa shape index (κ1) is 13.7. The number of nitrogens with zero attached hydrogens (tertiary/aromatic N) is 1. The minimum Gasteiger partial charge on any atom is -0.323 e. The highest BCUT2D eigenvalue weighted by atomic mass is 32.2. The Labute approximate surface area is 124 Å². The lowest BCUT2D eigenvalue weighted by atomic mass is 10.1. The number of nitrogens with two attached hydrogens (primary N) is 1. The molecule has 2 nitrogen and oxygen atoms in total. The van der Waals surface area contributed by atoms with E-state index in [0.29, 0.717) is 0 Å². The summed E-state index contributed by atoms with van der Waals surface area (Å²) in [6.45, 7) is 2.08. The molecule has 1 aromatic carbocycles. The van der Waals surface area contributed by atoms with E-state index in [1.807, 2.05) is 12.3 Å². The molecule has 1 aliphatic carbocycles. The minimum absolute atomic E-state index is 0.0500. The third-order valence-corrected chi connectivity index (χ3v) is 4.85. The summed E-state index contributed by atoms with van der Waals surface area (Å²) in [5.74, 6) is 0. The SMILES string of the molecule is CC[C@@H](N)c1ccc(Sc2ccc3c(c2)CCC3)cn1. The van der Waals surface area contributed by atoms with Gasteiger partial charge in [0.15, 0.2) is 0 Å². The van der Waals surface area contributed by atoms with Gasteiger partial charge < -0.3 is 5.73 Å². The van der Waals surface area contributed by atoms with Gasteiger partial charge in [0.1, 0.15) is 0 Å². The summed E-state index contributed by atoms with van der Waals surface area (Å²) >= 11 is 1.78. The van der Waals surface area contributed by atoms with E-state index in [9.17, 15) is 0 Å². The zero-order valence-corrected chi connectivity index (χ0v) is 12.6. The van der Waals surface area contributed by atoms with Crippen LogP contribution in [0.1, 0.15) is 42.6 Å². The van der Waals surface area contributed by atoms with Gasteiger partial charge in [-0.3, -0.25) is 4.98 Å². The maximum Gasteiger partial charge on any atom is 0.0571 e. The van der Waals surface area contributed by atoms with E-state index in [1.54, 1.807) is 11.8 Å². The predicted molar refractivity (Wildman–Crippen MR) is 84.0 cm³/mol. The van der Waals surface area contributed by atoms with Gasteiger partial charge in [0.05, 0.1) is 5.69 Å².